The van der Waals surface area contributed by atoms with E-state index in [0.717, 1.165) is 12.8 Å². The Bertz CT molecular complexity index is 331. The zero-order valence-electron chi connectivity index (χ0n) is 15.7. The predicted octanol–water partition coefficient (Wildman–Crippen LogP) is 3.12. The van der Waals surface area contributed by atoms with E-state index >= 15 is 0 Å². The van der Waals surface area contributed by atoms with Crippen LogP contribution in [0.4, 0.5) is 0 Å². The summed E-state index contributed by atoms with van der Waals surface area (Å²) < 4.78 is 34.7. The van der Waals surface area contributed by atoms with Crippen molar-refractivity contribution in [3.8, 4) is 0 Å². The van der Waals surface area contributed by atoms with Crippen molar-refractivity contribution >= 4 is 10.4 Å². The summed E-state index contributed by atoms with van der Waals surface area (Å²) in [5, 5.41) is 7.94. The molecule has 0 saturated carbocycles. The minimum Gasteiger partial charge on any atom is -0.726 e. The summed E-state index contributed by atoms with van der Waals surface area (Å²) in [6.07, 6.45) is 15.6. The summed E-state index contributed by atoms with van der Waals surface area (Å²) in [6, 6.07) is 0. The van der Waals surface area contributed by atoms with Crippen LogP contribution in [0.5, 0.6) is 0 Å². The molecule has 24 heavy (non-hydrogen) atoms. The van der Waals surface area contributed by atoms with Gasteiger partial charge in [0.1, 0.15) is 0 Å². The van der Waals surface area contributed by atoms with Crippen LogP contribution in [0.2, 0.25) is 0 Å². The van der Waals surface area contributed by atoms with E-state index in [1.807, 2.05) is 0 Å². The Balaban J connectivity index is 0. The van der Waals surface area contributed by atoms with Crippen LogP contribution < -0.4 is 5.73 Å². The van der Waals surface area contributed by atoms with Crippen molar-refractivity contribution in [3.05, 3.63) is 0 Å². The third-order valence-electron chi connectivity index (χ3n) is 3.48. The quantitative estimate of drug-likeness (QED) is 0.199. The van der Waals surface area contributed by atoms with E-state index in [2.05, 4.69) is 16.8 Å². The van der Waals surface area contributed by atoms with Gasteiger partial charge in [0.25, 0.3) is 0 Å². The highest BCUT2D eigenvalue weighted by Gasteiger charge is 1.96. The average molecular weight is 370 g/mol. The first-order valence-electron chi connectivity index (χ1n) is 9.41. The summed E-state index contributed by atoms with van der Waals surface area (Å²) in [5.74, 6) is 0. The van der Waals surface area contributed by atoms with Crippen molar-refractivity contribution in [1.29, 1.82) is 0 Å². The van der Waals surface area contributed by atoms with E-state index in [9.17, 15) is 13.0 Å². The second-order valence-corrected chi connectivity index (χ2v) is 7.37. The average Bonchev–Trinajstić information content (AvgIpc) is 2.46. The Morgan fingerprint density at radius 3 is 1.46 bits per heavy atom. The van der Waals surface area contributed by atoms with Crippen LogP contribution in [-0.4, -0.2) is 30.9 Å². The summed E-state index contributed by atoms with van der Waals surface area (Å²) in [4.78, 5) is 0. The third kappa shape index (κ3) is 33.4. The number of hydrogen-bond donors (Lipinski definition) is 2. The molecule has 0 aliphatic rings. The number of rotatable bonds is 15. The molecule has 0 aromatic heterocycles. The summed E-state index contributed by atoms with van der Waals surface area (Å²) in [7, 11) is -4.49. The van der Waals surface area contributed by atoms with Gasteiger partial charge >= 0.3 is 0 Å². The highest BCUT2D eigenvalue weighted by Crippen LogP contribution is 2.12. The lowest BCUT2D eigenvalue weighted by atomic mass is 10.0. The maximum absolute atomic E-state index is 10.2. The lowest BCUT2D eigenvalue weighted by Crippen LogP contribution is -2.58. The minimum atomic E-state index is -4.49. The minimum absolute atomic E-state index is 0.0313. The van der Waals surface area contributed by atoms with E-state index in [-0.39, 0.29) is 6.61 Å². The van der Waals surface area contributed by atoms with E-state index in [1.54, 1.807) is 6.92 Å². The molecule has 1 unspecified atom stereocenters. The molecule has 0 aromatic carbocycles. The molecular formula is C17H39NO5S. The largest absolute Gasteiger partial charge is 0.726 e. The van der Waals surface area contributed by atoms with Gasteiger partial charge in [-0.1, -0.05) is 84.0 Å². The molecule has 0 heterocycles. The second kappa shape index (κ2) is 19.1. The van der Waals surface area contributed by atoms with Crippen molar-refractivity contribution in [2.45, 2.75) is 104 Å². The second-order valence-electron chi connectivity index (χ2n) is 6.32. The highest BCUT2D eigenvalue weighted by molar-refractivity contribution is 7.80. The van der Waals surface area contributed by atoms with Crippen LogP contribution in [0.15, 0.2) is 0 Å². The van der Waals surface area contributed by atoms with Crippen LogP contribution in [0.3, 0.4) is 0 Å². The zero-order valence-corrected chi connectivity index (χ0v) is 16.5. The molecular weight excluding hydrogens is 330 g/mol. The topological polar surface area (TPSA) is 114 Å². The molecule has 6 nitrogen and oxygen atoms in total. The van der Waals surface area contributed by atoms with Gasteiger partial charge in [0.05, 0.1) is 6.61 Å². The number of aliphatic hydroxyl groups excluding tert-OH is 1. The predicted molar refractivity (Wildman–Crippen MR) is 95.9 cm³/mol. The van der Waals surface area contributed by atoms with Gasteiger partial charge in [-0.05, 0) is 6.42 Å². The molecule has 0 rings (SSSR count). The molecule has 0 amide bonds. The Labute approximate surface area is 149 Å². The van der Waals surface area contributed by atoms with Crippen molar-refractivity contribution in [1.82, 2.24) is 0 Å². The van der Waals surface area contributed by atoms with Crippen molar-refractivity contribution in [3.63, 3.8) is 0 Å². The molecule has 0 spiro atoms. The molecule has 4 N–H and O–H groups in total. The van der Waals surface area contributed by atoms with E-state index < -0.39 is 16.6 Å². The zero-order chi connectivity index (χ0) is 18.7. The van der Waals surface area contributed by atoms with E-state index in [1.165, 1.54) is 64.2 Å². The van der Waals surface area contributed by atoms with Gasteiger partial charge in [0.2, 0.25) is 10.4 Å². The molecule has 148 valence electrons. The van der Waals surface area contributed by atoms with Crippen LogP contribution >= 0.6 is 0 Å². The maximum Gasteiger partial charge on any atom is 0.217 e. The van der Waals surface area contributed by atoms with Gasteiger partial charge in [-0.3, -0.25) is 4.18 Å². The normalized spacial score (nSPS) is 12.5. The number of unbranched alkanes of at least 4 members (excludes halogenated alkanes) is 12. The Morgan fingerprint density at radius 1 is 0.875 bits per heavy atom. The fraction of sp³-hybridized carbons (Fsp3) is 1.00. The smallest absolute Gasteiger partial charge is 0.217 e. The van der Waals surface area contributed by atoms with Gasteiger partial charge in [-0.2, -0.15) is 0 Å². The number of hydrogen-bond acceptors (Lipinski definition) is 5. The number of quaternary nitrogens is 1. The monoisotopic (exact) mass is 369 g/mol. The molecule has 1 atom stereocenters. The lowest BCUT2D eigenvalue weighted by Gasteiger charge is -2.07. The Morgan fingerprint density at radius 2 is 1.17 bits per heavy atom. The first-order chi connectivity index (χ1) is 11.3. The maximum atomic E-state index is 10.2. The van der Waals surface area contributed by atoms with Crippen molar-refractivity contribution in [2.24, 2.45) is 0 Å². The molecule has 0 radical (unpaired) electrons. The van der Waals surface area contributed by atoms with Crippen LogP contribution in [0.1, 0.15) is 97.3 Å². The summed E-state index contributed by atoms with van der Waals surface area (Å²) >= 11 is 0. The fourth-order valence-corrected chi connectivity index (χ4v) is 2.60. The van der Waals surface area contributed by atoms with Crippen molar-refractivity contribution < 1.29 is 28.0 Å². The van der Waals surface area contributed by atoms with Gasteiger partial charge in [-0.15, -0.1) is 0 Å². The van der Waals surface area contributed by atoms with Gasteiger partial charge < -0.3 is 15.4 Å². The third-order valence-corrected chi connectivity index (χ3v) is 3.93. The summed E-state index contributed by atoms with van der Waals surface area (Å²) in [6.45, 7) is 3.88. The standard InChI is InChI=1S/C15H32O4S.C2H7NO/c1-2-3-4-5-6-7-8-9-10-11-12-13-14-15-19-20(16,17)18;1-2(3)4/h2-15H2,1H3,(H,16,17,18);2,4H,3H2,1H3. The molecule has 0 bridgehead atoms. The van der Waals surface area contributed by atoms with Gasteiger partial charge in [-0.25, -0.2) is 8.42 Å². The lowest BCUT2D eigenvalue weighted by molar-refractivity contribution is -0.475. The van der Waals surface area contributed by atoms with Crippen LogP contribution in [0, 0.1) is 0 Å². The van der Waals surface area contributed by atoms with Crippen LogP contribution in [-0.2, 0) is 14.6 Å². The van der Waals surface area contributed by atoms with E-state index in [4.69, 9.17) is 5.11 Å². The number of aliphatic hydroxyl groups is 1. The first kappa shape index (κ1) is 26.0. The van der Waals surface area contributed by atoms with Crippen molar-refractivity contribution in [2.75, 3.05) is 6.61 Å². The molecule has 7 heteroatoms. The molecule has 0 aromatic rings. The molecule has 0 aliphatic heterocycles. The molecule has 0 aliphatic carbocycles. The molecule has 0 saturated heterocycles. The fourth-order valence-electron chi connectivity index (χ4n) is 2.28. The van der Waals surface area contributed by atoms with Gasteiger partial charge in [0, 0.05) is 6.92 Å². The highest BCUT2D eigenvalue weighted by atomic mass is 32.3. The van der Waals surface area contributed by atoms with E-state index in [0.29, 0.717) is 6.42 Å². The first-order valence-corrected chi connectivity index (χ1v) is 10.7. The molecule has 0 fully saturated rings. The van der Waals surface area contributed by atoms with Crippen LogP contribution in [0.25, 0.3) is 0 Å². The summed E-state index contributed by atoms with van der Waals surface area (Å²) in [5.41, 5.74) is 3.19. The Kier molecular flexibility index (Phi) is 20.7. The SMILES string of the molecule is CC([NH3+])O.CCCCCCCCCCCCCCCOS(=O)(=O)[O-]. The van der Waals surface area contributed by atoms with Gasteiger partial charge in [0.15, 0.2) is 6.23 Å². The Hall–Kier alpha value is -0.210.